The molecule has 4 aliphatic rings. The van der Waals surface area contributed by atoms with E-state index in [2.05, 4.69) is 74.3 Å². The molecule has 0 amide bonds. The number of fused-ring (bicyclic) bond motifs is 5. The molecule has 3 aromatic rings. The van der Waals surface area contributed by atoms with E-state index in [1.807, 2.05) is 0 Å². The molecule has 156 valence electrons. The van der Waals surface area contributed by atoms with Crippen molar-refractivity contribution < 1.29 is 5.11 Å². The monoisotopic (exact) mass is 407 g/mol. The van der Waals surface area contributed by atoms with Gasteiger partial charge in [-0.05, 0) is 75.8 Å². The van der Waals surface area contributed by atoms with Crippen LogP contribution in [0.3, 0.4) is 0 Å². The van der Waals surface area contributed by atoms with Gasteiger partial charge in [-0.1, -0.05) is 63.1 Å². The molecule has 0 saturated heterocycles. The summed E-state index contributed by atoms with van der Waals surface area (Å²) in [6, 6.07) is 18.0. The minimum absolute atomic E-state index is 0.0446. The molecule has 0 bridgehead atoms. The first-order valence-electron chi connectivity index (χ1n) is 11.9. The Bertz CT molecular complexity index is 1270. The van der Waals surface area contributed by atoms with Crippen LogP contribution in [0.4, 0.5) is 11.4 Å². The summed E-state index contributed by atoms with van der Waals surface area (Å²) in [4.78, 5) is 2.23. The van der Waals surface area contributed by atoms with Crippen molar-refractivity contribution in [1.29, 1.82) is 0 Å². The van der Waals surface area contributed by atoms with E-state index in [4.69, 9.17) is 0 Å². The van der Waals surface area contributed by atoms with Crippen molar-refractivity contribution >= 4 is 11.4 Å². The summed E-state index contributed by atoms with van der Waals surface area (Å²) >= 11 is 0. The summed E-state index contributed by atoms with van der Waals surface area (Å²) in [6.45, 7) is 4.83. The van der Waals surface area contributed by atoms with Crippen LogP contribution in [0.2, 0.25) is 0 Å². The van der Waals surface area contributed by atoms with Gasteiger partial charge in [-0.25, -0.2) is 0 Å². The second-order valence-corrected chi connectivity index (χ2v) is 10.7. The molecular weight excluding hydrogens is 378 g/mol. The molecule has 3 aromatic carbocycles. The molecule has 1 N–H and O–H groups in total. The Kier molecular flexibility index (Phi) is 3.31. The predicted octanol–water partition coefficient (Wildman–Crippen LogP) is 7.32. The highest BCUT2D eigenvalue weighted by atomic mass is 16.3. The minimum atomic E-state index is -0.0446. The van der Waals surface area contributed by atoms with Crippen molar-refractivity contribution in [2.24, 2.45) is 0 Å². The topological polar surface area (TPSA) is 23.5 Å². The SMILES string of the molecule is CN1c2ccccc2C2c3c4c(cc(O)c31)C1CCCCC1c1cccc(c1-4)C2(C)C. The normalized spacial score (nSPS) is 26.0. The van der Waals surface area contributed by atoms with Crippen molar-refractivity contribution in [3.05, 3.63) is 76.3 Å². The summed E-state index contributed by atoms with van der Waals surface area (Å²) < 4.78 is 0. The summed E-state index contributed by atoms with van der Waals surface area (Å²) in [7, 11) is 2.12. The van der Waals surface area contributed by atoms with E-state index in [9.17, 15) is 5.11 Å². The molecule has 1 aliphatic heterocycles. The van der Waals surface area contributed by atoms with E-state index in [0.29, 0.717) is 17.6 Å². The lowest BCUT2D eigenvalue weighted by molar-refractivity contribution is 0.374. The number of phenols is 1. The Morgan fingerprint density at radius 1 is 0.871 bits per heavy atom. The lowest BCUT2D eigenvalue weighted by Gasteiger charge is -2.52. The zero-order chi connectivity index (χ0) is 21.1. The molecule has 0 radical (unpaired) electrons. The Balaban J connectivity index is 1.67. The van der Waals surface area contributed by atoms with Crippen LogP contribution in [0.5, 0.6) is 5.75 Å². The quantitative estimate of drug-likeness (QED) is 0.422. The van der Waals surface area contributed by atoms with Crippen LogP contribution in [-0.4, -0.2) is 12.2 Å². The fourth-order valence-corrected chi connectivity index (χ4v) is 7.69. The van der Waals surface area contributed by atoms with Gasteiger partial charge < -0.3 is 10.0 Å². The molecule has 1 saturated carbocycles. The van der Waals surface area contributed by atoms with Gasteiger partial charge in [0.15, 0.2) is 0 Å². The highest BCUT2D eigenvalue weighted by molar-refractivity contribution is 5.95. The number of nitrogens with zero attached hydrogens (tertiary/aromatic N) is 1. The van der Waals surface area contributed by atoms with Crippen molar-refractivity contribution in [3.63, 3.8) is 0 Å². The van der Waals surface area contributed by atoms with Crippen molar-refractivity contribution in [2.75, 3.05) is 11.9 Å². The van der Waals surface area contributed by atoms with E-state index in [-0.39, 0.29) is 11.3 Å². The van der Waals surface area contributed by atoms with E-state index < -0.39 is 0 Å². The highest BCUT2D eigenvalue weighted by Gasteiger charge is 2.51. The maximum atomic E-state index is 11.4. The van der Waals surface area contributed by atoms with Crippen LogP contribution < -0.4 is 4.90 Å². The molecule has 2 heteroatoms. The van der Waals surface area contributed by atoms with Crippen LogP contribution in [-0.2, 0) is 5.41 Å². The van der Waals surface area contributed by atoms with Gasteiger partial charge in [0.1, 0.15) is 5.75 Å². The Hall–Kier alpha value is -2.74. The number of para-hydroxylation sites is 1. The first-order valence-corrected chi connectivity index (χ1v) is 11.9. The van der Waals surface area contributed by atoms with Crippen LogP contribution in [0.1, 0.15) is 85.1 Å². The third kappa shape index (κ3) is 2.00. The average Bonchev–Trinajstić information content (AvgIpc) is 2.78. The standard InChI is InChI=1S/C29H29NO/c1-29(2)21-13-8-12-18-16-9-4-5-10-17(16)20-15-23(31)28-26(25(20)24(18)21)27(29)19-11-6-7-14-22(19)30(28)3/h6-8,11-17,27,31H,4-5,9-10H2,1-3H3. The molecule has 3 unspecified atom stereocenters. The van der Waals surface area contributed by atoms with Gasteiger partial charge in [0, 0.05) is 24.1 Å². The first kappa shape index (κ1) is 17.9. The van der Waals surface area contributed by atoms with Gasteiger partial charge in [0.2, 0.25) is 0 Å². The molecule has 2 nitrogen and oxygen atoms in total. The number of anilines is 2. The minimum Gasteiger partial charge on any atom is -0.506 e. The third-order valence-electron chi connectivity index (χ3n) is 8.91. The van der Waals surface area contributed by atoms with Gasteiger partial charge in [0.25, 0.3) is 0 Å². The maximum Gasteiger partial charge on any atom is 0.139 e. The van der Waals surface area contributed by atoms with Crippen LogP contribution in [0.25, 0.3) is 11.1 Å². The average molecular weight is 408 g/mol. The van der Waals surface area contributed by atoms with Crippen molar-refractivity contribution in [2.45, 2.75) is 62.7 Å². The number of benzene rings is 3. The number of rotatable bonds is 0. The summed E-state index contributed by atoms with van der Waals surface area (Å²) in [5.41, 5.74) is 12.4. The molecular formula is C29H29NO. The van der Waals surface area contributed by atoms with Crippen molar-refractivity contribution in [1.82, 2.24) is 0 Å². The number of phenolic OH excluding ortho intramolecular Hbond substituents is 1. The van der Waals surface area contributed by atoms with Crippen LogP contribution in [0.15, 0.2) is 48.5 Å². The molecule has 1 fully saturated rings. The lowest BCUT2D eigenvalue weighted by atomic mass is 9.54. The smallest absolute Gasteiger partial charge is 0.139 e. The second kappa shape index (κ2) is 5.73. The molecule has 31 heavy (non-hydrogen) atoms. The Morgan fingerprint density at radius 2 is 1.58 bits per heavy atom. The van der Waals surface area contributed by atoms with Gasteiger partial charge in [-0.3, -0.25) is 0 Å². The molecule has 3 atom stereocenters. The van der Waals surface area contributed by atoms with E-state index >= 15 is 0 Å². The van der Waals surface area contributed by atoms with Gasteiger partial charge >= 0.3 is 0 Å². The second-order valence-electron chi connectivity index (χ2n) is 10.7. The van der Waals surface area contributed by atoms with Crippen LogP contribution in [0, 0.1) is 0 Å². The van der Waals surface area contributed by atoms with Gasteiger partial charge in [-0.15, -0.1) is 0 Å². The van der Waals surface area contributed by atoms with Gasteiger partial charge in [-0.2, -0.15) is 0 Å². The van der Waals surface area contributed by atoms with Gasteiger partial charge in [0.05, 0.1) is 5.69 Å². The summed E-state index contributed by atoms with van der Waals surface area (Å²) in [6.07, 6.45) is 5.12. The van der Waals surface area contributed by atoms with E-state index in [1.54, 1.807) is 5.56 Å². The summed E-state index contributed by atoms with van der Waals surface area (Å²) in [5.74, 6) is 1.83. The largest absolute Gasteiger partial charge is 0.506 e. The fraction of sp³-hybridized carbons (Fsp3) is 0.379. The van der Waals surface area contributed by atoms with Crippen molar-refractivity contribution in [3.8, 4) is 16.9 Å². The lowest BCUT2D eigenvalue weighted by Crippen LogP contribution is -2.39. The molecule has 0 spiro atoms. The maximum absolute atomic E-state index is 11.4. The predicted molar refractivity (Wildman–Crippen MR) is 127 cm³/mol. The number of hydrogen-bond donors (Lipinski definition) is 1. The summed E-state index contributed by atoms with van der Waals surface area (Å²) in [5, 5.41) is 11.4. The molecule has 0 aromatic heterocycles. The third-order valence-corrected chi connectivity index (χ3v) is 8.91. The number of hydrogen-bond acceptors (Lipinski definition) is 2. The zero-order valence-electron chi connectivity index (χ0n) is 18.6. The zero-order valence-corrected chi connectivity index (χ0v) is 18.6. The molecule has 3 aliphatic carbocycles. The van der Waals surface area contributed by atoms with E-state index in [0.717, 1.165) is 5.69 Å². The fourth-order valence-electron chi connectivity index (χ4n) is 7.69. The Morgan fingerprint density at radius 3 is 2.39 bits per heavy atom. The molecule has 7 rings (SSSR count). The van der Waals surface area contributed by atoms with Crippen LogP contribution >= 0.6 is 0 Å². The molecule has 1 heterocycles. The Labute approximate surface area is 184 Å². The number of aromatic hydroxyl groups is 1. The first-order chi connectivity index (χ1) is 15.0. The van der Waals surface area contributed by atoms with E-state index in [1.165, 1.54) is 64.8 Å². The highest BCUT2D eigenvalue weighted by Crippen LogP contribution is 2.67.